The summed E-state index contributed by atoms with van der Waals surface area (Å²) in [6.07, 6.45) is 3.12. The molecule has 0 aromatic heterocycles. The van der Waals surface area contributed by atoms with Gasteiger partial charge >= 0.3 is 0 Å². The molecular formula is C13H16FNO. The molecule has 1 N–H and O–H groups in total. The van der Waals surface area contributed by atoms with Gasteiger partial charge in [0.15, 0.2) is 0 Å². The van der Waals surface area contributed by atoms with E-state index in [0.29, 0.717) is 0 Å². The fourth-order valence-electron chi connectivity index (χ4n) is 1.98. The first-order valence-electron chi connectivity index (χ1n) is 5.58. The molecule has 0 atom stereocenters. The fraction of sp³-hybridized carbons (Fsp3) is 0.385. The van der Waals surface area contributed by atoms with Crippen LogP contribution in [0.3, 0.4) is 0 Å². The van der Waals surface area contributed by atoms with Crippen LogP contribution in [-0.2, 0) is 0 Å². The Morgan fingerprint density at radius 3 is 2.56 bits per heavy atom. The van der Waals surface area contributed by atoms with Gasteiger partial charge in [0.1, 0.15) is 5.82 Å². The van der Waals surface area contributed by atoms with Crippen LogP contribution in [0, 0.1) is 5.82 Å². The molecule has 1 aromatic carbocycles. The summed E-state index contributed by atoms with van der Waals surface area (Å²) < 4.78 is 12.8. The first-order valence-corrected chi connectivity index (χ1v) is 5.58. The monoisotopic (exact) mass is 221 g/mol. The Hall–Kier alpha value is -1.19. The molecule has 16 heavy (non-hydrogen) atoms. The van der Waals surface area contributed by atoms with Crippen LogP contribution < -0.4 is 0 Å². The van der Waals surface area contributed by atoms with Gasteiger partial charge in [-0.1, -0.05) is 18.2 Å². The van der Waals surface area contributed by atoms with Crippen LogP contribution in [0.1, 0.15) is 12.0 Å². The highest BCUT2D eigenvalue weighted by Crippen LogP contribution is 2.22. The van der Waals surface area contributed by atoms with Gasteiger partial charge in [-0.3, -0.25) is 4.90 Å². The minimum absolute atomic E-state index is 0.193. The minimum Gasteiger partial charge on any atom is -0.395 e. The van der Waals surface area contributed by atoms with E-state index in [-0.39, 0.29) is 12.4 Å². The molecule has 1 aliphatic heterocycles. The number of hydrogen-bond acceptors (Lipinski definition) is 2. The average Bonchev–Trinajstić information content (AvgIpc) is 2.32. The summed E-state index contributed by atoms with van der Waals surface area (Å²) in [5.41, 5.74) is 2.37. The molecule has 0 aliphatic carbocycles. The Labute approximate surface area is 95.0 Å². The number of halogens is 1. The molecule has 0 amide bonds. The largest absolute Gasteiger partial charge is 0.395 e. The lowest BCUT2D eigenvalue weighted by molar-refractivity contribution is 0.208. The highest BCUT2D eigenvalue weighted by molar-refractivity contribution is 5.66. The molecule has 0 bridgehead atoms. The maximum atomic E-state index is 12.8. The lowest BCUT2D eigenvalue weighted by atomic mass is 9.99. The second kappa shape index (κ2) is 5.23. The predicted octanol–water partition coefficient (Wildman–Crippen LogP) is 1.91. The molecule has 2 rings (SSSR count). The zero-order valence-electron chi connectivity index (χ0n) is 9.19. The van der Waals surface area contributed by atoms with E-state index in [4.69, 9.17) is 5.11 Å². The van der Waals surface area contributed by atoms with Gasteiger partial charge in [0.2, 0.25) is 0 Å². The van der Waals surface area contributed by atoms with Crippen LogP contribution in [0.2, 0.25) is 0 Å². The summed E-state index contributed by atoms with van der Waals surface area (Å²) in [6.45, 7) is 2.77. The van der Waals surface area contributed by atoms with Gasteiger partial charge in [-0.05, 0) is 29.7 Å². The molecule has 1 aliphatic rings. The van der Waals surface area contributed by atoms with Crippen molar-refractivity contribution in [2.75, 3.05) is 26.2 Å². The quantitative estimate of drug-likeness (QED) is 0.842. The molecule has 0 fully saturated rings. The van der Waals surface area contributed by atoms with Crippen molar-refractivity contribution in [2.45, 2.75) is 6.42 Å². The zero-order valence-corrected chi connectivity index (χ0v) is 9.19. The second-order valence-corrected chi connectivity index (χ2v) is 4.01. The van der Waals surface area contributed by atoms with E-state index in [1.807, 2.05) is 12.1 Å². The molecule has 0 radical (unpaired) electrons. The van der Waals surface area contributed by atoms with E-state index < -0.39 is 0 Å². The number of rotatable bonds is 3. The van der Waals surface area contributed by atoms with Crippen molar-refractivity contribution in [1.29, 1.82) is 0 Å². The summed E-state index contributed by atoms with van der Waals surface area (Å²) in [4.78, 5) is 2.20. The SMILES string of the molecule is OCCN1CC=C(c2ccc(F)cc2)CC1. The molecule has 0 saturated heterocycles. The summed E-state index contributed by atoms with van der Waals surface area (Å²) in [5.74, 6) is -0.193. The van der Waals surface area contributed by atoms with Crippen molar-refractivity contribution in [3.8, 4) is 0 Å². The molecule has 1 heterocycles. The van der Waals surface area contributed by atoms with Crippen LogP contribution in [0.25, 0.3) is 5.57 Å². The minimum atomic E-state index is -0.193. The van der Waals surface area contributed by atoms with Gasteiger partial charge in [-0.25, -0.2) is 4.39 Å². The zero-order chi connectivity index (χ0) is 11.4. The van der Waals surface area contributed by atoms with Crippen LogP contribution >= 0.6 is 0 Å². The maximum Gasteiger partial charge on any atom is 0.123 e. The van der Waals surface area contributed by atoms with Crippen molar-refractivity contribution >= 4 is 5.57 Å². The van der Waals surface area contributed by atoms with E-state index in [2.05, 4.69) is 11.0 Å². The summed E-state index contributed by atoms with van der Waals surface area (Å²) in [6, 6.07) is 6.64. The van der Waals surface area contributed by atoms with E-state index in [1.165, 1.54) is 17.7 Å². The molecule has 86 valence electrons. The molecule has 1 aromatic rings. The first kappa shape index (κ1) is 11.3. The van der Waals surface area contributed by atoms with Crippen LogP contribution in [0.5, 0.6) is 0 Å². The maximum absolute atomic E-state index is 12.8. The molecule has 3 heteroatoms. The van der Waals surface area contributed by atoms with Gasteiger partial charge in [-0.2, -0.15) is 0 Å². The highest BCUT2D eigenvalue weighted by atomic mass is 19.1. The van der Waals surface area contributed by atoms with E-state index in [9.17, 15) is 4.39 Å². The standard InChI is InChI=1S/C13H16FNO/c14-13-3-1-11(2-4-13)12-5-7-15(8-6-12)9-10-16/h1-5,16H,6-10H2. The highest BCUT2D eigenvalue weighted by Gasteiger charge is 2.11. The molecule has 0 saturated carbocycles. The van der Waals surface area contributed by atoms with Crippen LogP contribution in [0.4, 0.5) is 4.39 Å². The molecule has 0 spiro atoms. The van der Waals surface area contributed by atoms with Gasteiger partial charge in [0, 0.05) is 19.6 Å². The molecule has 0 unspecified atom stereocenters. The Bertz CT molecular complexity index is 372. The van der Waals surface area contributed by atoms with E-state index in [0.717, 1.165) is 31.6 Å². The van der Waals surface area contributed by atoms with Crippen molar-refractivity contribution in [2.24, 2.45) is 0 Å². The number of benzene rings is 1. The lowest BCUT2D eigenvalue weighted by Crippen LogP contribution is -2.31. The fourth-order valence-corrected chi connectivity index (χ4v) is 1.98. The summed E-state index contributed by atoms with van der Waals surface area (Å²) in [7, 11) is 0. The van der Waals surface area contributed by atoms with Crippen molar-refractivity contribution in [3.63, 3.8) is 0 Å². The van der Waals surface area contributed by atoms with Gasteiger partial charge < -0.3 is 5.11 Å². The van der Waals surface area contributed by atoms with Gasteiger partial charge in [-0.15, -0.1) is 0 Å². The number of aliphatic hydroxyl groups excluding tert-OH is 1. The Morgan fingerprint density at radius 1 is 1.25 bits per heavy atom. The summed E-state index contributed by atoms with van der Waals surface area (Å²) in [5, 5.41) is 8.83. The van der Waals surface area contributed by atoms with E-state index >= 15 is 0 Å². The van der Waals surface area contributed by atoms with Crippen molar-refractivity contribution < 1.29 is 9.50 Å². The second-order valence-electron chi connectivity index (χ2n) is 4.01. The number of hydrogen-bond donors (Lipinski definition) is 1. The Kier molecular flexibility index (Phi) is 3.70. The summed E-state index contributed by atoms with van der Waals surface area (Å²) >= 11 is 0. The van der Waals surface area contributed by atoms with Gasteiger partial charge in [0.25, 0.3) is 0 Å². The van der Waals surface area contributed by atoms with E-state index in [1.54, 1.807) is 0 Å². The van der Waals surface area contributed by atoms with Crippen LogP contribution in [0.15, 0.2) is 30.3 Å². The van der Waals surface area contributed by atoms with Crippen LogP contribution in [-0.4, -0.2) is 36.2 Å². The molecular weight excluding hydrogens is 205 g/mol. The first-order chi connectivity index (χ1) is 7.79. The third kappa shape index (κ3) is 2.68. The number of β-amino-alcohol motifs (C(OH)–C–C–N with tert-alkyl or cyclic N) is 1. The van der Waals surface area contributed by atoms with Gasteiger partial charge in [0.05, 0.1) is 6.61 Å². The Morgan fingerprint density at radius 2 is 2.00 bits per heavy atom. The normalized spacial score (nSPS) is 17.2. The number of aliphatic hydroxyl groups is 1. The topological polar surface area (TPSA) is 23.5 Å². The average molecular weight is 221 g/mol. The van der Waals surface area contributed by atoms with Crippen molar-refractivity contribution in [1.82, 2.24) is 4.90 Å². The Balaban J connectivity index is 2.04. The number of nitrogens with zero attached hydrogens (tertiary/aromatic N) is 1. The predicted molar refractivity (Wildman–Crippen MR) is 62.5 cm³/mol. The van der Waals surface area contributed by atoms with Crippen molar-refractivity contribution in [3.05, 3.63) is 41.7 Å². The third-order valence-electron chi connectivity index (χ3n) is 2.92. The smallest absolute Gasteiger partial charge is 0.123 e. The third-order valence-corrected chi connectivity index (χ3v) is 2.92. The molecule has 2 nitrogen and oxygen atoms in total. The lowest BCUT2D eigenvalue weighted by Gasteiger charge is -2.25.